The van der Waals surface area contributed by atoms with E-state index in [1.165, 1.54) is 26.1 Å². The Morgan fingerprint density at radius 3 is 2.02 bits per heavy atom. The molecule has 1 aromatic heterocycles. The molecule has 0 aliphatic rings. The van der Waals surface area contributed by atoms with Crippen LogP contribution < -0.4 is 4.74 Å². The molecule has 0 amide bonds. The molecule has 3 nitrogen and oxygen atoms in total. The van der Waals surface area contributed by atoms with Gasteiger partial charge >= 0.3 is 5.97 Å². The highest BCUT2D eigenvalue weighted by molar-refractivity contribution is 7.19. The summed E-state index contributed by atoms with van der Waals surface area (Å²) in [5.74, 6) is -0.442. The highest BCUT2D eigenvalue weighted by Crippen LogP contribution is 2.45. The van der Waals surface area contributed by atoms with E-state index in [0.717, 1.165) is 28.7 Å². The Hall–Kier alpha value is -4.67. The molecule has 0 saturated carbocycles. The normalized spacial score (nSPS) is 11.8. The number of hydrogen-bond acceptors (Lipinski definition) is 3. The van der Waals surface area contributed by atoms with E-state index in [-0.39, 0.29) is 6.42 Å². The molecule has 196 valence electrons. The van der Waals surface area contributed by atoms with Gasteiger partial charge in [-0.15, -0.1) is 11.3 Å². The summed E-state index contributed by atoms with van der Waals surface area (Å²) in [6.07, 6.45) is 0.0912. The maximum Gasteiger partial charge on any atom is 0.345 e. The first kappa shape index (κ1) is 25.6. The van der Waals surface area contributed by atoms with Gasteiger partial charge in [0.25, 0.3) is 0 Å². The molecule has 1 heterocycles. The third-order valence-electron chi connectivity index (χ3n) is 7.04. The SMILES string of the molecule is O=C(O)[C@H](Cc1ccccc1)Oc1ccc(-c2ccccc2)c(-c2c(Cc3ccccc3)sc3ccccc23)c1. The molecule has 0 radical (unpaired) electrons. The molecule has 6 aromatic rings. The molecule has 0 aliphatic carbocycles. The minimum Gasteiger partial charge on any atom is -0.478 e. The minimum absolute atomic E-state index is 0.284. The minimum atomic E-state index is -0.999. The van der Waals surface area contributed by atoms with Crippen molar-refractivity contribution < 1.29 is 14.6 Å². The lowest BCUT2D eigenvalue weighted by atomic mass is 9.91. The Kier molecular flexibility index (Phi) is 7.43. The Morgan fingerprint density at radius 1 is 0.700 bits per heavy atom. The van der Waals surface area contributed by atoms with Crippen molar-refractivity contribution >= 4 is 27.4 Å². The quantitative estimate of drug-likeness (QED) is 0.199. The van der Waals surface area contributed by atoms with Crippen molar-refractivity contribution in [3.63, 3.8) is 0 Å². The van der Waals surface area contributed by atoms with Crippen LogP contribution in [0.5, 0.6) is 5.75 Å². The average molecular weight is 541 g/mol. The summed E-state index contributed by atoms with van der Waals surface area (Å²) in [7, 11) is 0. The van der Waals surface area contributed by atoms with Gasteiger partial charge in [-0.3, -0.25) is 0 Å². The van der Waals surface area contributed by atoms with Crippen LogP contribution in [0.4, 0.5) is 0 Å². The van der Waals surface area contributed by atoms with E-state index in [0.29, 0.717) is 5.75 Å². The molecular weight excluding hydrogens is 512 g/mol. The number of benzene rings is 5. The molecule has 1 N–H and O–H groups in total. The number of aliphatic carboxylic acids is 1. The van der Waals surface area contributed by atoms with E-state index < -0.39 is 12.1 Å². The number of rotatable bonds is 9. The molecule has 6 rings (SSSR count). The van der Waals surface area contributed by atoms with E-state index in [2.05, 4.69) is 66.7 Å². The standard InChI is InChI=1S/C36H28O3S/c37-36(38)32(22-25-12-4-1-5-13-25)39-28-20-21-29(27-16-8-3-9-17-27)31(24-28)35-30-18-10-11-19-33(30)40-34(35)23-26-14-6-2-7-15-26/h1-21,24,32H,22-23H2,(H,37,38)/t32-/m0/s1. The van der Waals surface area contributed by atoms with E-state index in [9.17, 15) is 9.90 Å². The molecule has 5 aromatic carbocycles. The van der Waals surface area contributed by atoms with Gasteiger partial charge in [0.15, 0.2) is 6.10 Å². The molecule has 0 spiro atoms. The molecule has 40 heavy (non-hydrogen) atoms. The first-order chi connectivity index (χ1) is 19.7. The zero-order chi connectivity index (χ0) is 27.3. The number of carbonyl (C=O) groups is 1. The molecule has 0 aliphatic heterocycles. The van der Waals surface area contributed by atoms with Crippen LogP contribution in [0.3, 0.4) is 0 Å². The average Bonchev–Trinajstić information content (AvgIpc) is 3.36. The largest absolute Gasteiger partial charge is 0.478 e. The second-order valence-electron chi connectivity index (χ2n) is 9.77. The molecular formula is C36H28O3S. The fourth-order valence-electron chi connectivity index (χ4n) is 5.14. The summed E-state index contributed by atoms with van der Waals surface area (Å²) in [5, 5.41) is 11.2. The molecule has 1 atom stereocenters. The molecule has 0 bridgehead atoms. The summed E-state index contributed by atoms with van der Waals surface area (Å²) in [4.78, 5) is 13.5. The molecule has 4 heteroatoms. The topological polar surface area (TPSA) is 46.5 Å². The van der Waals surface area contributed by atoms with E-state index in [4.69, 9.17) is 4.74 Å². The van der Waals surface area contributed by atoms with Crippen LogP contribution in [0.15, 0.2) is 133 Å². The number of thiophene rings is 1. The van der Waals surface area contributed by atoms with Crippen molar-refractivity contribution in [3.05, 3.63) is 149 Å². The van der Waals surface area contributed by atoms with E-state index >= 15 is 0 Å². The number of carboxylic acids is 1. The monoisotopic (exact) mass is 540 g/mol. The predicted molar refractivity (Wildman–Crippen MR) is 164 cm³/mol. The van der Waals surface area contributed by atoms with Gasteiger partial charge in [-0.2, -0.15) is 0 Å². The summed E-state index contributed by atoms with van der Waals surface area (Å²) in [6, 6.07) is 44.9. The number of fused-ring (bicyclic) bond motifs is 1. The zero-order valence-electron chi connectivity index (χ0n) is 21.9. The highest BCUT2D eigenvalue weighted by atomic mass is 32.1. The smallest absolute Gasteiger partial charge is 0.345 e. The highest BCUT2D eigenvalue weighted by Gasteiger charge is 2.23. The lowest BCUT2D eigenvalue weighted by molar-refractivity contribution is -0.145. The van der Waals surface area contributed by atoms with Crippen LogP contribution >= 0.6 is 11.3 Å². The van der Waals surface area contributed by atoms with Gasteiger partial charge in [0.1, 0.15) is 5.75 Å². The summed E-state index contributed by atoms with van der Waals surface area (Å²) >= 11 is 1.81. The Bertz CT molecular complexity index is 1740. The lowest BCUT2D eigenvalue weighted by Crippen LogP contribution is -2.29. The Labute approximate surface area is 238 Å². The first-order valence-electron chi connectivity index (χ1n) is 13.3. The van der Waals surface area contributed by atoms with Crippen LogP contribution in [0.1, 0.15) is 16.0 Å². The van der Waals surface area contributed by atoms with Crippen LogP contribution in [0.25, 0.3) is 32.3 Å². The maximum atomic E-state index is 12.2. The number of hydrogen-bond donors (Lipinski definition) is 1. The maximum absolute atomic E-state index is 12.2. The lowest BCUT2D eigenvalue weighted by Gasteiger charge is -2.18. The fourth-order valence-corrected chi connectivity index (χ4v) is 6.39. The third-order valence-corrected chi connectivity index (χ3v) is 8.21. The van der Waals surface area contributed by atoms with Crippen molar-refractivity contribution in [1.82, 2.24) is 0 Å². The third kappa shape index (κ3) is 5.54. The fraction of sp³-hybridized carbons (Fsp3) is 0.0833. The first-order valence-corrected chi connectivity index (χ1v) is 14.1. The summed E-state index contributed by atoms with van der Waals surface area (Å²) < 4.78 is 7.41. The Morgan fingerprint density at radius 2 is 1.32 bits per heavy atom. The predicted octanol–water partition coefficient (Wildman–Crippen LogP) is 8.90. The van der Waals surface area contributed by atoms with Crippen LogP contribution in [-0.2, 0) is 17.6 Å². The van der Waals surface area contributed by atoms with E-state index in [1.54, 1.807) is 0 Å². The number of ether oxygens (including phenoxy) is 1. The summed E-state index contributed by atoms with van der Waals surface area (Å²) in [6.45, 7) is 0. The van der Waals surface area contributed by atoms with Gasteiger partial charge in [-0.25, -0.2) is 4.79 Å². The van der Waals surface area contributed by atoms with Crippen LogP contribution in [0.2, 0.25) is 0 Å². The molecule has 0 saturated heterocycles. The van der Waals surface area contributed by atoms with Gasteiger partial charge in [-0.1, -0.05) is 115 Å². The molecule has 0 fully saturated rings. The van der Waals surface area contributed by atoms with Crippen LogP contribution in [0, 0.1) is 0 Å². The Balaban J connectivity index is 1.49. The van der Waals surface area contributed by atoms with Crippen molar-refractivity contribution in [1.29, 1.82) is 0 Å². The number of carboxylic acid groups (broad SMARTS) is 1. The van der Waals surface area contributed by atoms with Gasteiger partial charge in [0.05, 0.1) is 0 Å². The van der Waals surface area contributed by atoms with E-state index in [1.807, 2.05) is 78.1 Å². The van der Waals surface area contributed by atoms with Gasteiger partial charge in [0, 0.05) is 33.4 Å². The van der Waals surface area contributed by atoms with Crippen molar-refractivity contribution in [2.45, 2.75) is 18.9 Å². The van der Waals surface area contributed by atoms with Crippen LogP contribution in [-0.4, -0.2) is 17.2 Å². The van der Waals surface area contributed by atoms with Crippen molar-refractivity contribution in [2.75, 3.05) is 0 Å². The molecule has 0 unspecified atom stereocenters. The van der Waals surface area contributed by atoms with Gasteiger partial charge in [0.2, 0.25) is 0 Å². The summed E-state index contributed by atoms with van der Waals surface area (Å²) in [5.41, 5.74) is 6.56. The van der Waals surface area contributed by atoms with Gasteiger partial charge < -0.3 is 9.84 Å². The van der Waals surface area contributed by atoms with Crippen molar-refractivity contribution in [2.24, 2.45) is 0 Å². The second-order valence-corrected chi connectivity index (χ2v) is 10.9. The second kappa shape index (κ2) is 11.6. The van der Waals surface area contributed by atoms with Gasteiger partial charge in [-0.05, 0) is 46.0 Å². The zero-order valence-corrected chi connectivity index (χ0v) is 22.7. The van der Waals surface area contributed by atoms with Crippen molar-refractivity contribution in [3.8, 4) is 28.0 Å².